The van der Waals surface area contributed by atoms with Gasteiger partial charge in [0, 0.05) is 20.2 Å². The molecule has 4 nitrogen and oxygen atoms in total. The summed E-state index contributed by atoms with van der Waals surface area (Å²) in [7, 11) is 1.72. The van der Waals surface area contributed by atoms with Crippen molar-refractivity contribution in [1.29, 1.82) is 0 Å². The van der Waals surface area contributed by atoms with E-state index in [1.54, 1.807) is 7.11 Å². The second-order valence-electron chi connectivity index (χ2n) is 4.08. The molecule has 0 aromatic carbocycles. The first-order valence-electron chi connectivity index (χ1n) is 5.36. The number of carbonyl (C=O) groups is 1. The van der Waals surface area contributed by atoms with Crippen molar-refractivity contribution < 1.29 is 9.53 Å². The second kappa shape index (κ2) is 4.28. The maximum atomic E-state index is 11.8. The zero-order valence-corrected chi connectivity index (χ0v) is 8.66. The lowest BCUT2D eigenvalue weighted by molar-refractivity contribution is -0.138. The van der Waals surface area contributed by atoms with Gasteiger partial charge in [-0.05, 0) is 25.8 Å². The molecule has 2 saturated heterocycles. The predicted octanol–water partition coefficient (Wildman–Crippen LogP) is -0.0143. The summed E-state index contributed by atoms with van der Waals surface area (Å²) in [4.78, 5) is 13.8. The third-order valence-electron chi connectivity index (χ3n) is 3.15. The molecule has 0 bridgehead atoms. The summed E-state index contributed by atoms with van der Waals surface area (Å²) in [6.07, 6.45) is 3.38. The number of carbonyl (C=O) groups excluding carboxylic acids is 1. The average molecular weight is 198 g/mol. The molecular formula is C10H18N2O2. The summed E-state index contributed by atoms with van der Waals surface area (Å²) in [6, 6.07) is 0.0885. The van der Waals surface area contributed by atoms with Gasteiger partial charge in [0.05, 0.1) is 12.1 Å². The molecule has 2 heterocycles. The van der Waals surface area contributed by atoms with E-state index in [0.29, 0.717) is 0 Å². The summed E-state index contributed by atoms with van der Waals surface area (Å²) in [5.74, 6) is 0.262. The van der Waals surface area contributed by atoms with E-state index in [1.165, 1.54) is 0 Å². The normalized spacial score (nSPS) is 32.5. The Labute approximate surface area is 84.6 Å². The van der Waals surface area contributed by atoms with E-state index in [0.717, 1.165) is 38.9 Å². The molecule has 0 saturated carbocycles. The number of likely N-dealkylation sites (tertiary alicyclic amines) is 1. The Morgan fingerprint density at radius 3 is 2.86 bits per heavy atom. The Morgan fingerprint density at radius 1 is 1.50 bits per heavy atom. The quantitative estimate of drug-likeness (QED) is 0.678. The van der Waals surface area contributed by atoms with E-state index in [9.17, 15) is 4.79 Å². The number of rotatable bonds is 2. The monoisotopic (exact) mass is 198 g/mol. The molecule has 2 unspecified atom stereocenters. The summed E-state index contributed by atoms with van der Waals surface area (Å²) < 4.78 is 5.29. The van der Waals surface area contributed by atoms with Crippen LogP contribution in [0.4, 0.5) is 0 Å². The number of hydrogen-bond acceptors (Lipinski definition) is 3. The minimum atomic E-state index is 0.0885. The third-order valence-corrected chi connectivity index (χ3v) is 3.15. The van der Waals surface area contributed by atoms with Crippen LogP contribution in [0.15, 0.2) is 0 Å². The Balaban J connectivity index is 1.86. The van der Waals surface area contributed by atoms with Crippen LogP contribution in [0.5, 0.6) is 0 Å². The fourth-order valence-corrected chi connectivity index (χ4v) is 2.05. The molecule has 14 heavy (non-hydrogen) atoms. The molecule has 0 aromatic rings. The summed E-state index contributed by atoms with van der Waals surface area (Å²) in [5.41, 5.74) is 0. The van der Waals surface area contributed by atoms with Crippen LogP contribution in [-0.2, 0) is 9.53 Å². The van der Waals surface area contributed by atoms with Crippen LogP contribution in [0, 0.1) is 0 Å². The SMILES string of the molecule is COC1CCCN(C(=O)C2CCN2)C1. The van der Waals surface area contributed by atoms with Crippen LogP contribution >= 0.6 is 0 Å². The van der Waals surface area contributed by atoms with Crippen LogP contribution in [0.2, 0.25) is 0 Å². The highest BCUT2D eigenvalue weighted by Gasteiger charge is 2.31. The molecule has 1 amide bonds. The molecule has 80 valence electrons. The van der Waals surface area contributed by atoms with Crippen molar-refractivity contribution in [3.63, 3.8) is 0 Å². The highest BCUT2D eigenvalue weighted by molar-refractivity contribution is 5.82. The van der Waals surface area contributed by atoms with Crippen LogP contribution in [0.3, 0.4) is 0 Å². The van der Waals surface area contributed by atoms with Gasteiger partial charge in [-0.25, -0.2) is 0 Å². The van der Waals surface area contributed by atoms with Gasteiger partial charge < -0.3 is 15.0 Å². The first kappa shape index (κ1) is 9.93. The summed E-state index contributed by atoms with van der Waals surface area (Å²) >= 11 is 0. The molecule has 4 heteroatoms. The van der Waals surface area contributed by atoms with Gasteiger partial charge in [-0.1, -0.05) is 0 Å². The van der Waals surface area contributed by atoms with Gasteiger partial charge in [-0.2, -0.15) is 0 Å². The lowest BCUT2D eigenvalue weighted by Gasteiger charge is -2.37. The van der Waals surface area contributed by atoms with Crippen LogP contribution in [0.25, 0.3) is 0 Å². The number of ether oxygens (including phenoxy) is 1. The van der Waals surface area contributed by atoms with E-state index in [2.05, 4.69) is 5.32 Å². The molecule has 2 aliphatic rings. The Bertz CT molecular complexity index is 216. The smallest absolute Gasteiger partial charge is 0.239 e. The van der Waals surface area contributed by atoms with Gasteiger partial charge in [0.25, 0.3) is 0 Å². The Kier molecular flexibility index (Phi) is 3.03. The summed E-state index contributed by atoms with van der Waals surface area (Å²) in [5, 5.41) is 3.14. The molecule has 2 rings (SSSR count). The Hall–Kier alpha value is -0.610. The highest BCUT2D eigenvalue weighted by atomic mass is 16.5. The second-order valence-corrected chi connectivity index (χ2v) is 4.08. The molecule has 2 aliphatic heterocycles. The van der Waals surface area contributed by atoms with Crippen molar-refractivity contribution in [2.75, 3.05) is 26.7 Å². The molecule has 0 radical (unpaired) electrons. The van der Waals surface area contributed by atoms with Gasteiger partial charge in [-0.3, -0.25) is 4.79 Å². The third kappa shape index (κ3) is 1.91. The van der Waals surface area contributed by atoms with Crippen molar-refractivity contribution in [3.8, 4) is 0 Å². The van der Waals surface area contributed by atoms with Crippen molar-refractivity contribution in [1.82, 2.24) is 10.2 Å². The minimum absolute atomic E-state index is 0.0885. The van der Waals surface area contributed by atoms with E-state index in [1.807, 2.05) is 4.90 Å². The molecule has 0 spiro atoms. The van der Waals surface area contributed by atoms with Gasteiger partial charge >= 0.3 is 0 Å². The van der Waals surface area contributed by atoms with Crippen LogP contribution in [0.1, 0.15) is 19.3 Å². The minimum Gasteiger partial charge on any atom is -0.380 e. The fourth-order valence-electron chi connectivity index (χ4n) is 2.05. The number of methoxy groups -OCH3 is 1. The molecular weight excluding hydrogens is 180 g/mol. The first-order valence-corrected chi connectivity index (χ1v) is 5.36. The van der Waals surface area contributed by atoms with Crippen LogP contribution in [-0.4, -0.2) is 49.7 Å². The maximum absolute atomic E-state index is 11.8. The van der Waals surface area contributed by atoms with Crippen molar-refractivity contribution in [2.45, 2.75) is 31.4 Å². The number of amides is 1. The fraction of sp³-hybridized carbons (Fsp3) is 0.900. The first-order chi connectivity index (χ1) is 6.81. The largest absolute Gasteiger partial charge is 0.380 e. The van der Waals surface area contributed by atoms with Crippen molar-refractivity contribution >= 4 is 5.91 Å². The number of nitrogens with zero attached hydrogens (tertiary/aromatic N) is 1. The van der Waals surface area contributed by atoms with Gasteiger partial charge in [-0.15, -0.1) is 0 Å². The van der Waals surface area contributed by atoms with E-state index < -0.39 is 0 Å². The molecule has 2 atom stereocenters. The van der Waals surface area contributed by atoms with Crippen molar-refractivity contribution in [3.05, 3.63) is 0 Å². The summed E-state index contributed by atoms with van der Waals surface area (Å²) in [6.45, 7) is 2.66. The van der Waals surface area contributed by atoms with E-state index in [4.69, 9.17) is 4.74 Å². The van der Waals surface area contributed by atoms with Gasteiger partial charge in [0.2, 0.25) is 5.91 Å². The molecule has 0 aliphatic carbocycles. The predicted molar refractivity (Wildman–Crippen MR) is 53.0 cm³/mol. The number of piperidine rings is 1. The standard InChI is InChI=1S/C10H18N2O2/c1-14-8-3-2-6-12(7-8)10(13)9-4-5-11-9/h8-9,11H,2-7H2,1H3. The zero-order valence-electron chi connectivity index (χ0n) is 8.66. The van der Waals surface area contributed by atoms with E-state index in [-0.39, 0.29) is 18.1 Å². The van der Waals surface area contributed by atoms with E-state index >= 15 is 0 Å². The molecule has 2 fully saturated rings. The number of nitrogens with one attached hydrogen (secondary N) is 1. The Morgan fingerprint density at radius 2 is 2.29 bits per heavy atom. The van der Waals surface area contributed by atoms with Crippen LogP contribution < -0.4 is 5.32 Å². The molecule has 0 aromatic heterocycles. The van der Waals surface area contributed by atoms with Crippen molar-refractivity contribution in [2.24, 2.45) is 0 Å². The lowest BCUT2D eigenvalue weighted by Crippen LogP contribution is -2.56. The number of hydrogen-bond donors (Lipinski definition) is 1. The lowest BCUT2D eigenvalue weighted by atomic mass is 10.0. The zero-order chi connectivity index (χ0) is 9.97. The topological polar surface area (TPSA) is 41.6 Å². The van der Waals surface area contributed by atoms with Gasteiger partial charge in [0.15, 0.2) is 0 Å². The molecule has 1 N–H and O–H groups in total. The van der Waals surface area contributed by atoms with Gasteiger partial charge in [0.1, 0.15) is 0 Å². The average Bonchev–Trinajstić information content (AvgIpc) is 2.15. The maximum Gasteiger partial charge on any atom is 0.239 e. The highest BCUT2D eigenvalue weighted by Crippen LogP contribution is 2.15.